The van der Waals surface area contributed by atoms with Gasteiger partial charge in [-0.25, -0.2) is 0 Å². The van der Waals surface area contributed by atoms with Gasteiger partial charge >= 0.3 is 0 Å². The molecule has 4 aromatic carbocycles. The smallest absolute Gasteiger partial charge is 0.262 e. The molecular weight excluding hydrogens is 536 g/mol. The van der Waals surface area contributed by atoms with Gasteiger partial charge < -0.3 is 24.8 Å². The first-order chi connectivity index (χ1) is 18.0. The zero-order chi connectivity index (χ0) is 26.2. The van der Waals surface area contributed by atoms with Crippen molar-refractivity contribution in [3.8, 4) is 17.2 Å². The second-order valence-electron chi connectivity index (χ2n) is 8.18. The Morgan fingerprint density at radius 3 is 2.38 bits per heavy atom. The number of hydrogen-bond acceptors (Lipinski definition) is 5. The van der Waals surface area contributed by atoms with Crippen LogP contribution >= 0.6 is 15.9 Å². The second-order valence-corrected chi connectivity index (χ2v) is 8.97. The first-order valence-electron chi connectivity index (χ1n) is 11.7. The predicted molar refractivity (Wildman–Crippen MR) is 148 cm³/mol. The number of rotatable bonds is 10. The van der Waals surface area contributed by atoms with Gasteiger partial charge in [0.2, 0.25) is 0 Å². The number of amides is 2. The van der Waals surface area contributed by atoms with Gasteiger partial charge in [-0.05, 0) is 69.0 Å². The number of nitrogens with one attached hydrogen (secondary N) is 2. The van der Waals surface area contributed by atoms with Crippen molar-refractivity contribution in [1.82, 2.24) is 5.32 Å². The lowest BCUT2D eigenvalue weighted by Crippen LogP contribution is -2.28. The Balaban J connectivity index is 1.34. The number of fused-ring (bicyclic) bond motifs is 1. The summed E-state index contributed by atoms with van der Waals surface area (Å²) < 4.78 is 17.1. The lowest BCUT2D eigenvalue weighted by atomic mass is 10.1. The first-order valence-corrected chi connectivity index (χ1v) is 12.5. The molecule has 190 valence electrons. The Morgan fingerprint density at radius 1 is 0.838 bits per heavy atom. The zero-order valence-electron chi connectivity index (χ0n) is 20.5. The highest BCUT2D eigenvalue weighted by molar-refractivity contribution is 9.10. The summed E-state index contributed by atoms with van der Waals surface area (Å²) >= 11 is 3.56. The van der Waals surface area contributed by atoms with Crippen LogP contribution in [0.4, 0.5) is 5.69 Å². The lowest BCUT2D eigenvalue weighted by molar-refractivity contribution is -0.118. The number of benzene rings is 4. The molecule has 0 aliphatic heterocycles. The molecule has 0 bridgehead atoms. The number of ether oxygens (including phenoxy) is 3. The number of carbonyl (C=O) groups excluding carboxylic acids is 2. The van der Waals surface area contributed by atoms with Gasteiger partial charge in [0.25, 0.3) is 11.8 Å². The number of halogens is 1. The number of hydrogen-bond donors (Lipinski definition) is 2. The van der Waals surface area contributed by atoms with Gasteiger partial charge in [0, 0.05) is 6.54 Å². The van der Waals surface area contributed by atoms with E-state index < -0.39 is 0 Å². The van der Waals surface area contributed by atoms with Crippen LogP contribution in [0.25, 0.3) is 10.8 Å². The molecule has 4 rings (SSSR count). The van der Waals surface area contributed by atoms with Crippen molar-refractivity contribution < 1.29 is 23.8 Å². The normalized spacial score (nSPS) is 10.6. The molecule has 0 saturated carbocycles. The fourth-order valence-electron chi connectivity index (χ4n) is 3.90. The summed E-state index contributed by atoms with van der Waals surface area (Å²) in [7, 11) is 3.17. The molecule has 0 heterocycles. The molecular formula is C29H27BrN2O5. The molecule has 0 aromatic heterocycles. The maximum Gasteiger partial charge on any atom is 0.262 e. The number of anilines is 1. The third kappa shape index (κ3) is 6.40. The van der Waals surface area contributed by atoms with Gasteiger partial charge in [-0.1, -0.05) is 48.5 Å². The van der Waals surface area contributed by atoms with Crippen LogP contribution in [-0.4, -0.2) is 39.2 Å². The molecule has 0 spiro atoms. The monoisotopic (exact) mass is 562 g/mol. The largest absolute Gasteiger partial charge is 0.493 e. The average Bonchev–Trinajstić information content (AvgIpc) is 2.93. The summed E-state index contributed by atoms with van der Waals surface area (Å²) in [5, 5.41) is 7.76. The Morgan fingerprint density at radius 2 is 1.57 bits per heavy atom. The zero-order valence-corrected chi connectivity index (χ0v) is 22.1. The van der Waals surface area contributed by atoms with Gasteiger partial charge in [-0.2, -0.15) is 0 Å². The minimum atomic E-state index is -0.370. The standard InChI is InChI=1S/C29H27BrN2O5/c1-35-24-13-11-19(17-26(24)36-2)15-16-31-29(34)22-9-5-6-10-23(22)32-27(33)18-37-25-14-12-20-7-3-4-8-21(20)28(25)30/h3-14,17H,15-16,18H2,1-2H3,(H,31,34)(H,32,33). The molecule has 2 amide bonds. The lowest BCUT2D eigenvalue weighted by Gasteiger charge is -2.13. The van der Waals surface area contributed by atoms with Crippen molar-refractivity contribution in [3.63, 3.8) is 0 Å². The highest BCUT2D eigenvalue weighted by atomic mass is 79.9. The summed E-state index contributed by atoms with van der Waals surface area (Å²) in [6, 6.07) is 24.2. The third-order valence-electron chi connectivity index (χ3n) is 5.78. The summed E-state index contributed by atoms with van der Waals surface area (Å²) in [6.45, 7) is 0.210. The van der Waals surface area contributed by atoms with Crippen LogP contribution in [-0.2, 0) is 11.2 Å². The molecule has 0 aliphatic carbocycles. The number of para-hydroxylation sites is 1. The molecule has 0 saturated heterocycles. The molecule has 4 aromatic rings. The first kappa shape index (κ1) is 26.0. The Bertz CT molecular complexity index is 1420. The minimum Gasteiger partial charge on any atom is -0.493 e. The van der Waals surface area contributed by atoms with Crippen molar-refractivity contribution in [2.75, 3.05) is 32.7 Å². The molecule has 0 atom stereocenters. The molecule has 0 radical (unpaired) electrons. The molecule has 0 aliphatic rings. The van der Waals surface area contributed by atoms with E-state index in [1.165, 1.54) is 0 Å². The predicted octanol–water partition coefficient (Wildman–Crippen LogP) is 5.61. The second kappa shape index (κ2) is 12.3. The highest BCUT2D eigenvalue weighted by Crippen LogP contribution is 2.33. The van der Waals surface area contributed by atoms with E-state index in [1.54, 1.807) is 38.5 Å². The summed E-state index contributed by atoms with van der Waals surface area (Å²) in [5.74, 6) is 1.20. The van der Waals surface area contributed by atoms with Crippen molar-refractivity contribution in [2.24, 2.45) is 0 Å². The highest BCUT2D eigenvalue weighted by Gasteiger charge is 2.14. The molecule has 0 fully saturated rings. The summed E-state index contributed by atoms with van der Waals surface area (Å²) in [4.78, 5) is 25.5. The molecule has 0 unspecified atom stereocenters. The number of methoxy groups -OCH3 is 2. The van der Waals surface area contributed by atoms with Crippen LogP contribution in [0.2, 0.25) is 0 Å². The van der Waals surface area contributed by atoms with Crippen molar-refractivity contribution in [1.29, 1.82) is 0 Å². The van der Waals surface area contributed by atoms with Crippen LogP contribution in [0, 0.1) is 0 Å². The third-order valence-corrected chi connectivity index (χ3v) is 6.60. The summed E-state index contributed by atoms with van der Waals surface area (Å²) in [5.41, 5.74) is 1.78. The van der Waals surface area contributed by atoms with E-state index in [0.29, 0.717) is 41.5 Å². The van der Waals surface area contributed by atoms with Crippen LogP contribution in [0.3, 0.4) is 0 Å². The van der Waals surface area contributed by atoms with Crippen molar-refractivity contribution >= 4 is 44.2 Å². The van der Waals surface area contributed by atoms with Crippen LogP contribution < -0.4 is 24.8 Å². The molecule has 2 N–H and O–H groups in total. The molecule has 8 heteroatoms. The summed E-state index contributed by atoms with van der Waals surface area (Å²) in [6.07, 6.45) is 0.606. The van der Waals surface area contributed by atoms with E-state index in [0.717, 1.165) is 20.8 Å². The van der Waals surface area contributed by atoms with Crippen LogP contribution in [0.1, 0.15) is 15.9 Å². The van der Waals surface area contributed by atoms with Gasteiger partial charge in [0.1, 0.15) is 5.75 Å². The maximum absolute atomic E-state index is 12.9. The van der Waals surface area contributed by atoms with Crippen LogP contribution in [0.15, 0.2) is 83.3 Å². The van der Waals surface area contributed by atoms with E-state index in [4.69, 9.17) is 14.2 Å². The Labute approximate surface area is 223 Å². The number of carbonyl (C=O) groups is 2. The minimum absolute atomic E-state index is 0.202. The van der Waals surface area contributed by atoms with E-state index in [-0.39, 0.29) is 18.4 Å². The topological polar surface area (TPSA) is 85.9 Å². The van der Waals surface area contributed by atoms with Gasteiger partial charge in [0.15, 0.2) is 18.1 Å². The SMILES string of the molecule is COc1ccc(CCNC(=O)c2ccccc2NC(=O)COc2ccc3ccccc3c2Br)cc1OC. The van der Waals surface area contributed by atoms with E-state index in [9.17, 15) is 9.59 Å². The van der Waals surface area contributed by atoms with Gasteiger partial charge in [0.05, 0.1) is 29.9 Å². The fraction of sp³-hybridized carbons (Fsp3) is 0.172. The fourth-order valence-corrected chi connectivity index (χ4v) is 4.50. The van der Waals surface area contributed by atoms with Gasteiger partial charge in [-0.3, -0.25) is 9.59 Å². The maximum atomic E-state index is 12.9. The Kier molecular flexibility index (Phi) is 8.64. The quantitative estimate of drug-likeness (QED) is 0.262. The van der Waals surface area contributed by atoms with E-state index >= 15 is 0 Å². The van der Waals surface area contributed by atoms with Crippen molar-refractivity contribution in [2.45, 2.75) is 6.42 Å². The van der Waals surface area contributed by atoms with E-state index in [2.05, 4.69) is 26.6 Å². The Hall–Kier alpha value is -4.04. The van der Waals surface area contributed by atoms with Crippen LogP contribution in [0.5, 0.6) is 17.2 Å². The van der Waals surface area contributed by atoms with E-state index in [1.807, 2.05) is 54.6 Å². The van der Waals surface area contributed by atoms with Gasteiger partial charge in [-0.15, -0.1) is 0 Å². The molecule has 7 nitrogen and oxygen atoms in total. The molecule has 37 heavy (non-hydrogen) atoms. The average molecular weight is 563 g/mol. The van der Waals surface area contributed by atoms with Crippen molar-refractivity contribution in [3.05, 3.63) is 94.5 Å².